The van der Waals surface area contributed by atoms with E-state index in [2.05, 4.69) is 77.8 Å². The molecule has 1 aliphatic heterocycles. The number of pyridine rings is 1. The topological polar surface area (TPSA) is 45.6 Å². The second-order valence-corrected chi connectivity index (χ2v) is 10.8. The van der Waals surface area contributed by atoms with E-state index in [4.69, 9.17) is 9.72 Å². The molecule has 0 bridgehead atoms. The number of aromatic nitrogens is 1. The zero-order chi connectivity index (χ0) is 21.8. The average Bonchev–Trinajstić information content (AvgIpc) is 3.30. The van der Waals surface area contributed by atoms with Gasteiger partial charge in [-0.1, -0.05) is 58.9 Å². The first-order valence-corrected chi connectivity index (χ1v) is 10.8. The summed E-state index contributed by atoms with van der Waals surface area (Å²) in [5.74, 6) is -1.25. The minimum absolute atomic E-state index is 0.0498. The van der Waals surface area contributed by atoms with Gasteiger partial charge in [0.25, 0.3) is 0 Å². The lowest BCUT2D eigenvalue weighted by atomic mass is 9.67. The van der Waals surface area contributed by atoms with Gasteiger partial charge in [-0.15, -0.1) is 0 Å². The van der Waals surface area contributed by atoms with E-state index in [0.29, 0.717) is 0 Å². The van der Waals surface area contributed by atoms with Gasteiger partial charge in [-0.25, -0.2) is 0 Å². The van der Waals surface area contributed by atoms with E-state index in [1.807, 2.05) is 6.07 Å². The second kappa shape index (κ2) is 5.74. The molecule has 3 unspecified atom stereocenters. The minimum Gasteiger partial charge on any atom is -0.365 e. The fourth-order valence-corrected chi connectivity index (χ4v) is 5.91. The van der Waals surface area contributed by atoms with Crippen LogP contribution in [0.4, 0.5) is 0 Å². The van der Waals surface area contributed by atoms with Crippen LogP contribution in [-0.4, -0.2) is 41.0 Å². The molecule has 0 spiro atoms. The van der Waals surface area contributed by atoms with Crippen LogP contribution in [0.25, 0.3) is 16.6 Å². The van der Waals surface area contributed by atoms with Gasteiger partial charge in [-0.2, -0.15) is 0 Å². The van der Waals surface area contributed by atoms with Crippen LogP contribution in [0.5, 0.6) is 0 Å². The largest absolute Gasteiger partial charge is 0.365 e. The first-order valence-electron chi connectivity index (χ1n) is 10.8. The van der Waals surface area contributed by atoms with Crippen LogP contribution in [0.1, 0.15) is 64.3 Å². The number of allylic oxidation sites excluding steroid dienone is 3. The highest BCUT2D eigenvalue weighted by Gasteiger charge is 2.72. The van der Waals surface area contributed by atoms with Gasteiger partial charge in [0.05, 0.1) is 23.2 Å². The van der Waals surface area contributed by atoms with Crippen molar-refractivity contribution in [3.63, 3.8) is 0 Å². The quantitative estimate of drug-likeness (QED) is 0.681. The van der Waals surface area contributed by atoms with E-state index >= 15 is 0 Å². The Bertz CT molecular complexity index is 1150. The van der Waals surface area contributed by atoms with Crippen molar-refractivity contribution in [1.82, 2.24) is 9.88 Å². The summed E-state index contributed by atoms with van der Waals surface area (Å²) in [5.41, 5.74) is 8.06. The molecule has 3 atom stereocenters. The van der Waals surface area contributed by atoms with Gasteiger partial charge in [0.1, 0.15) is 0 Å². The molecule has 0 saturated heterocycles. The molecule has 3 aliphatic rings. The fourth-order valence-electron chi connectivity index (χ4n) is 5.91. The van der Waals surface area contributed by atoms with E-state index in [9.17, 15) is 5.11 Å². The number of para-hydroxylation sites is 1. The Morgan fingerprint density at radius 3 is 2.50 bits per heavy atom. The normalized spacial score (nSPS) is 30.6. The maximum atomic E-state index is 11.3. The van der Waals surface area contributed by atoms with Gasteiger partial charge in [0, 0.05) is 36.2 Å². The summed E-state index contributed by atoms with van der Waals surface area (Å²) in [5, 5.41) is 12.5. The zero-order valence-electron chi connectivity index (χ0n) is 19.3. The third kappa shape index (κ3) is 2.32. The first-order chi connectivity index (χ1) is 13.9. The van der Waals surface area contributed by atoms with Gasteiger partial charge in [0.2, 0.25) is 0 Å². The molecule has 2 heterocycles. The molecule has 0 amide bonds. The van der Waals surface area contributed by atoms with Gasteiger partial charge >= 0.3 is 0 Å². The number of aliphatic hydroxyl groups is 1. The average molecular weight is 405 g/mol. The summed E-state index contributed by atoms with van der Waals surface area (Å²) in [6.07, 6.45) is 2.39. The molecule has 5 rings (SSSR count). The molecule has 1 fully saturated rings. The van der Waals surface area contributed by atoms with Gasteiger partial charge in [-0.05, 0) is 35.1 Å². The molecule has 1 aromatic carbocycles. The lowest BCUT2D eigenvalue weighted by Gasteiger charge is -2.43. The van der Waals surface area contributed by atoms with Crippen LogP contribution in [0.15, 0.2) is 41.5 Å². The number of likely N-dealkylation sites (N-methyl/N-ethyl adjacent to an activating group) is 1. The van der Waals surface area contributed by atoms with E-state index in [1.165, 1.54) is 28.0 Å². The smallest absolute Gasteiger partial charge is 0.196 e. The predicted octanol–water partition coefficient (Wildman–Crippen LogP) is 4.98. The highest BCUT2D eigenvalue weighted by molar-refractivity contribution is 5.94. The van der Waals surface area contributed by atoms with E-state index in [0.717, 1.165) is 16.6 Å². The van der Waals surface area contributed by atoms with Crippen molar-refractivity contribution >= 4 is 16.6 Å². The number of ether oxygens (including phenoxy) is 1. The van der Waals surface area contributed by atoms with Crippen molar-refractivity contribution in [1.29, 1.82) is 0 Å². The number of methoxy groups -OCH3 is 1. The Labute approximate surface area is 179 Å². The van der Waals surface area contributed by atoms with Crippen molar-refractivity contribution in [2.24, 2.45) is 5.41 Å². The van der Waals surface area contributed by atoms with Crippen LogP contribution in [0.3, 0.4) is 0 Å². The summed E-state index contributed by atoms with van der Waals surface area (Å²) in [6, 6.07) is 8.23. The molecule has 30 heavy (non-hydrogen) atoms. The number of hydrogen-bond acceptors (Lipinski definition) is 4. The van der Waals surface area contributed by atoms with E-state index in [-0.39, 0.29) is 22.8 Å². The maximum absolute atomic E-state index is 11.3. The summed E-state index contributed by atoms with van der Waals surface area (Å²) in [7, 11) is 3.70. The molecule has 1 aromatic heterocycles. The molecule has 158 valence electrons. The van der Waals surface area contributed by atoms with Gasteiger partial charge in [-0.3, -0.25) is 4.98 Å². The summed E-state index contributed by atoms with van der Waals surface area (Å²) >= 11 is 0. The molecule has 1 saturated carbocycles. The standard InChI is InChI=1S/C26H32N2O2/c1-14-16(13-24(2,3)4)25(5,6)22-19-18(15-11-9-10-12-17(15)27-22)20-23(26(20,29)30-8)28(7)21(14)19/h9-13,20,23,29H,1-8H3/b16-13+. The number of nitrogens with zero attached hydrogens (tertiary/aromatic N) is 2. The fraction of sp³-hybridized carbons (Fsp3) is 0.500. The van der Waals surface area contributed by atoms with E-state index in [1.54, 1.807) is 7.11 Å². The predicted molar refractivity (Wildman–Crippen MR) is 121 cm³/mol. The molecule has 4 nitrogen and oxygen atoms in total. The van der Waals surface area contributed by atoms with Crippen molar-refractivity contribution in [3.05, 3.63) is 58.3 Å². The molecular weight excluding hydrogens is 372 g/mol. The Balaban J connectivity index is 1.95. The number of benzene rings is 1. The lowest BCUT2D eigenvalue weighted by molar-refractivity contribution is -0.116. The molecule has 0 radical (unpaired) electrons. The Hall–Kier alpha value is -2.17. The van der Waals surface area contributed by atoms with Crippen LogP contribution in [0.2, 0.25) is 0 Å². The SMILES string of the molecule is COC1(O)C2c3c4c(nc5ccccc35)C(C)(C)/C(=C/C(C)(C)C)C(C)=C4N(C)C21. The molecule has 1 N–H and O–H groups in total. The Morgan fingerprint density at radius 1 is 1.20 bits per heavy atom. The highest BCUT2D eigenvalue weighted by atomic mass is 16.6. The molecular formula is C26H32N2O2. The Kier molecular flexibility index (Phi) is 3.79. The molecule has 4 heteroatoms. The number of hydrogen-bond donors (Lipinski definition) is 1. The highest BCUT2D eigenvalue weighted by Crippen LogP contribution is 2.65. The van der Waals surface area contributed by atoms with Crippen molar-refractivity contribution < 1.29 is 9.84 Å². The summed E-state index contributed by atoms with van der Waals surface area (Å²) in [6.45, 7) is 13.5. The number of rotatable bonds is 1. The summed E-state index contributed by atoms with van der Waals surface area (Å²) in [4.78, 5) is 7.45. The van der Waals surface area contributed by atoms with Crippen LogP contribution >= 0.6 is 0 Å². The Morgan fingerprint density at radius 2 is 1.87 bits per heavy atom. The maximum Gasteiger partial charge on any atom is 0.196 e. The molecule has 2 aromatic rings. The van der Waals surface area contributed by atoms with Crippen molar-refractivity contribution in [2.75, 3.05) is 14.2 Å². The lowest BCUT2D eigenvalue weighted by Crippen LogP contribution is -2.37. The zero-order valence-corrected chi connectivity index (χ0v) is 19.3. The molecule has 2 aliphatic carbocycles. The third-order valence-electron chi connectivity index (χ3n) is 7.26. The van der Waals surface area contributed by atoms with Crippen LogP contribution < -0.4 is 0 Å². The van der Waals surface area contributed by atoms with E-state index < -0.39 is 5.79 Å². The third-order valence-corrected chi connectivity index (χ3v) is 7.26. The van der Waals surface area contributed by atoms with Crippen LogP contribution in [-0.2, 0) is 10.2 Å². The number of fused-ring (bicyclic) bond motifs is 4. The summed E-state index contributed by atoms with van der Waals surface area (Å²) < 4.78 is 5.68. The van der Waals surface area contributed by atoms with Crippen molar-refractivity contribution in [3.8, 4) is 0 Å². The van der Waals surface area contributed by atoms with Gasteiger partial charge < -0.3 is 14.7 Å². The van der Waals surface area contributed by atoms with Gasteiger partial charge in [0.15, 0.2) is 5.79 Å². The van der Waals surface area contributed by atoms with Crippen molar-refractivity contribution in [2.45, 2.75) is 64.7 Å². The minimum atomic E-state index is -1.17. The monoisotopic (exact) mass is 404 g/mol. The van der Waals surface area contributed by atoms with Crippen LogP contribution in [0, 0.1) is 5.41 Å². The first kappa shape index (κ1) is 19.8. The second-order valence-electron chi connectivity index (χ2n) is 10.8.